The van der Waals surface area contributed by atoms with E-state index in [-0.39, 0.29) is 0 Å². The molecular formula is C14H20N4. The molecule has 0 radical (unpaired) electrons. The normalized spacial score (nSPS) is 18.7. The quantitative estimate of drug-likeness (QED) is 0.880. The van der Waals surface area contributed by atoms with Crippen LogP contribution in [0, 0.1) is 25.2 Å². The maximum absolute atomic E-state index is 9.35. The maximum atomic E-state index is 9.35. The van der Waals surface area contributed by atoms with E-state index in [1.807, 2.05) is 19.9 Å². The molecule has 0 saturated carbocycles. The molecule has 1 atom stereocenters. The molecule has 18 heavy (non-hydrogen) atoms. The smallest absolute Gasteiger partial charge is 0.103 e. The lowest BCUT2D eigenvalue weighted by atomic mass is 10.1. The monoisotopic (exact) mass is 244 g/mol. The van der Waals surface area contributed by atoms with Crippen molar-refractivity contribution < 1.29 is 0 Å². The molecule has 96 valence electrons. The van der Waals surface area contributed by atoms with E-state index in [0.29, 0.717) is 11.6 Å². The number of hydrogen-bond acceptors (Lipinski definition) is 4. The van der Waals surface area contributed by atoms with Gasteiger partial charge in [0.05, 0.1) is 16.9 Å². The molecule has 1 N–H and O–H groups in total. The predicted molar refractivity (Wildman–Crippen MR) is 72.7 cm³/mol. The van der Waals surface area contributed by atoms with Crippen LogP contribution in [0.2, 0.25) is 0 Å². The van der Waals surface area contributed by atoms with Crippen molar-refractivity contribution in [3.63, 3.8) is 0 Å². The van der Waals surface area contributed by atoms with E-state index in [1.165, 1.54) is 0 Å². The molecule has 0 amide bonds. The van der Waals surface area contributed by atoms with E-state index in [0.717, 1.165) is 43.1 Å². The first kappa shape index (κ1) is 12.8. The van der Waals surface area contributed by atoms with Crippen molar-refractivity contribution in [1.82, 2.24) is 10.3 Å². The highest BCUT2D eigenvalue weighted by Gasteiger charge is 2.24. The first-order valence-corrected chi connectivity index (χ1v) is 6.53. The van der Waals surface area contributed by atoms with Gasteiger partial charge < -0.3 is 10.2 Å². The number of hydrogen-bond donors (Lipinski definition) is 1. The van der Waals surface area contributed by atoms with Crippen molar-refractivity contribution in [2.75, 3.05) is 24.5 Å². The van der Waals surface area contributed by atoms with Gasteiger partial charge in [-0.25, -0.2) is 0 Å². The number of aromatic nitrogens is 1. The van der Waals surface area contributed by atoms with Crippen LogP contribution in [-0.4, -0.2) is 30.7 Å². The molecule has 4 nitrogen and oxygen atoms in total. The number of pyridine rings is 1. The van der Waals surface area contributed by atoms with E-state index in [2.05, 4.69) is 28.2 Å². The van der Waals surface area contributed by atoms with E-state index in [1.54, 1.807) is 0 Å². The lowest BCUT2D eigenvalue weighted by molar-refractivity contribution is 0.646. The average Bonchev–Trinajstić information content (AvgIpc) is 2.83. The van der Waals surface area contributed by atoms with Gasteiger partial charge in [0, 0.05) is 24.8 Å². The Balaban J connectivity index is 2.44. The van der Waals surface area contributed by atoms with Gasteiger partial charge in [-0.15, -0.1) is 0 Å². The van der Waals surface area contributed by atoms with E-state index in [9.17, 15) is 5.26 Å². The Morgan fingerprint density at radius 1 is 1.56 bits per heavy atom. The topological polar surface area (TPSA) is 52.0 Å². The molecule has 1 unspecified atom stereocenters. The summed E-state index contributed by atoms with van der Waals surface area (Å²) in [5, 5.41) is 12.7. The molecule has 0 aromatic carbocycles. The molecule has 0 aliphatic carbocycles. The highest BCUT2D eigenvalue weighted by atomic mass is 15.2. The molecule has 1 aliphatic heterocycles. The first-order valence-electron chi connectivity index (χ1n) is 6.53. The van der Waals surface area contributed by atoms with Gasteiger partial charge in [0.15, 0.2) is 0 Å². The zero-order valence-electron chi connectivity index (χ0n) is 11.3. The lowest BCUT2D eigenvalue weighted by Gasteiger charge is -2.30. The minimum absolute atomic E-state index is 0.489. The van der Waals surface area contributed by atoms with Crippen molar-refractivity contribution in [2.45, 2.75) is 33.2 Å². The molecule has 2 rings (SSSR count). The zero-order chi connectivity index (χ0) is 13.1. The third-order valence-electron chi connectivity index (χ3n) is 3.54. The second-order valence-electron chi connectivity index (χ2n) is 4.79. The van der Waals surface area contributed by atoms with Gasteiger partial charge in [-0.1, -0.05) is 0 Å². The minimum atomic E-state index is 0.489. The summed E-state index contributed by atoms with van der Waals surface area (Å²) in [7, 11) is 0. The summed E-state index contributed by atoms with van der Waals surface area (Å²) in [5.74, 6) is 0. The Morgan fingerprint density at radius 3 is 2.89 bits per heavy atom. The first-order chi connectivity index (χ1) is 8.67. The van der Waals surface area contributed by atoms with Crippen LogP contribution in [0.15, 0.2) is 6.07 Å². The fourth-order valence-corrected chi connectivity index (χ4v) is 2.70. The molecule has 1 aromatic heterocycles. The SMILES string of the molecule is CCN(c1cc(C)nc(C)c1C#N)C1CCNC1. The van der Waals surface area contributed by atoms with Crippen LogP contribution in [0.1, 0.15) is 30.3 Å². The van der Waals surface area contributed by atoms with Crippen LogP contribution in [0.4, 0.5) is 5.69 Å². The summed E-state index contributed by atoms with van der Waals surface area (Å²) in [6.07, 6.45) is 1.14. The third-order valence-corrected chi connectivity index (χ3v) is 3.54. The van der Waals surface area contributed by atoms with Crippen molar-refractivity contribution in [3.8, 4) is 6.07 Å². The summed E-state index contributed by atoms with van der Waals surface area (Å²) in [4.78, 5) is 6.72. The third kappa shape index (κ3) is 2.32. The van der Waals surface area contributed by atoms with E-state index in [4.69, 9.17) is 0 Å². The number of anilines is 1. The van der Waals surface area contributed by atoms with Gasteiger partial charge >= 0.3 is 0 Å². The maximum Gasteiger partial charge on any atom is 0.103 e. The fourth-order valence-electron chi connectivity index (χ4n) is 2.70. The highest BCUT2D eigenvalue weighted by molar-refractivity contribution is 5.62. The van der Waals surface area contributed by atoms with Crippen LogP contribution >= 0.6 is 0 Å². The second-order valence-corrected chi connectivity index (χ2v) is 4.79. The lowest BCUT2D eigenvalue weighted by Crippen LogP contribution is -2.37. The van der Waals surface area contributed by atoms with Crippen LogP contribution in [0.5, 0.6) is 0 Å². The number of nitriles is 1. The summed E-state index contributed by atoms with van der Waals surface area (Å²) in [5.41, 5.74) is 3.57. The molecule has 1 fully saturated rings. The molecule has 2 heterocycles. The number of aryl methyl sites for hydroxylation is 2. The minimum Gasteiger partial charge on any atom is -0.366 e. The Hall–Kier alpha value is -1.60. The number of likely N-dealkylation sites (N-methyl/N-ethyl adjacent to an activating group) is 1. The van der Waals surface area contributed by atoms with Gasteiger partial charge in [-0.2, -0.15) is 5.26 Å². The standard InChI is InChI=1S/C14H20N4/c1-4-18(12-5-6-16-9-12)14-7-10(2)17-11(3)13(14)8-15/h7,12,16H,4-6,9H2,1-3H3. The van der Waals surface area contributed by atoms with Crippen LogP contribution in [0.25, 0.3) is 0 Å². The van der Waals surface area contributed by atoms with Gasteiger partial charge in [0.25, 0.3) is 0 Å². The predicted octanol–water partition coefficient (Wildman–Crippen LogP) is 1.76. The van der Waals surface area contributed by atoms with Gasteiger partial charge in [0.2, 0.25) is 0 Å². The molecular weight excluding hydrogens is 224 g/mol. The summed E-state index contributed by atoms with van der Waals surface area (Å²) in [6.45, 7) is 9.02. The number of rotatable bonds is 3. The van der Waals surface area contributed by atoms with Crippen molar-refractivity contribution in [1.29, 1.82) is 5.26 Å². The summed E-state index contributed by atoms with van der Waals surface area (Å²) < 4.78 is 0. The van der Waals surface area contributed by atoms with Gasteiger partial charge in [-0.05, 0) is 39.8 Å². The van der Waals surface area contributed by atoms with Crippen LogP contribution in [-0.2, 0) is 0 Å². The van der Waals surface area contributed by atoms with E-state index >= 15 is 0 Å². The van der Waals surface area contributed by atoms with E-state index < -0.39 is 0 Å². The van der Waals surface area contributed by atoms with Crippen molar-refractivity contribution >= 4 is 5.69 Å². The highest BCUT2D eigenvalue weighted by Crippen LogP contribution is 2.26. The number of nitrogens with zero attached hydrogens (tertiary/aromatic N) is 3. The molecule has 0 spiro atoms. The van der Waals surface area contributed by atoms with Crippen LogP contribution in [0.3, 0.4) is 0 Å². The summed E-state index contributed by atoms with van der Waals surface area (Å²) in [6, 6.07) is 4.83. The fraction of sp³-hybridized carbons (Fsp3) is 0.571. The average molecular weight is 244 g/mol. The van der Waals surface area contributed by atoms with Gasteiger partial charge in [0.1, 0.15) is 6.07 Å². The largest absolute Gasteiger partial charge is 0.366 e. The zero-order valence-corrected chi connectivity index (χ0v) is 11.3. The number of nitrogens with one attached hydrogen (secondary N) is 1. The molecule has 1 aliphatic rings. The molecule has 1 aromatic rings. The molecule has 4 heteroatoms. The second kappa shape index (κ2) is 5.36. The Kier molecular flexibility index (Phi) is 3.83. The Morgan fingerprint density at radius 2 is 2.33 bits per heavy atom. The van der Waals surface area contributed by atoms with Gasteiger partial charge in [-0.3, -0.25) is 4.98 Å². The van der Waals surface area contributed by atoms with Crippen LogP contribution < -0.4 is 10.2 Å². The Bertz CT molecular complexity index is 469. The summed E-state index contributed by atoms with van der Waals surface area (Å²) >= 11 is 0. The van der Waals surface area contributed by atoms with Crippen molar-refractivity contribution in [2.24, 2.45) is 0 Å². The van der Waals surface area contributed by atoms with Crippen molar-refractivity contribution in [3.05, 3.63) is 23.0 Å². The molecule has 0 bridgehead atoms. The molecule has 1 saturated heterocycles. The Labute approximate surface area is 109 Å².